The summed E-state index contributed by atoms with van der Waals surface area (Å²) in [5, 5.41) is 0.963. The van der Waals surface area contributed by atoms with Crippen LogP contribution in [0.1, 0.15) is 30.0 Å². The summed E-state index contributed by atoms with van der Waals surface area (Å²) in [6, 6.07) is 13.8. The Bertz CT molecular complexity index is 920. The topological polar surface area (TPSA) is 51.7 Å². The number of thiazole rings is 1. The molecule has 1 aliphatic rings. The van der Waals surface area contributed by atoms with Crippen LogP contribution in [0.5, 0.6) is 11.5 Å². The van der Waals surface area contributed by atoms with E-state index in [1.54, 1.807) is 16.2 Å². The van der Waals surface area contributed by atoms with Crippen molar-refractivity contribution in [3.63, 3.8) is 0 Å². The normalized spacial score (nSPS) is 13.8. The van der Waals surface area contributed by atoms with E-state index < -0.39 is 0 Å². The van der Waals surface area contributed by atoms with Crippen molar-refractivity contribution in [1.82, 2.24) is 9.88 Å². The van der Waals surface area contributed by atoms with Crippen LogP contribution in [0.3, 0.4) is 0 Å². The molecule has 0 saturated heterocycles. The molecule has 4 rings (SSSR count). The molecular formula is C20H20N2O3S. The first kappa shape index (κ1) is 16.8. The quantitative estimate of drug-likeness (QED) is 0.678. The van der Waals surface area contributed by atoms with Gasteiger partial charge in [-0.3, -0.25) is 4.79 Å². The van der Waals surface area contributed by atoms with Crippen molar-refractivity contribution in [2.75, 3.05) is 13.8 Å². The standard InChI is InChI=1S/C20H20N2O3S/c1-13(20-21-15-5-3-4-6-18(15)26-20)22(2)19(23)10-8-14-7-9-16-17(11-14)25-12-24-16/h3-7,9,11,13H,8,10,12H2,1-2H3. The second kappa shape index (κ2) is 6.96. The van der Waals surface area contributed by atoms with Crippen molar-refractivity contribution in [2.45, 2.75) is 25.8 Å². The SMILES string of the molecule is CC(c1nc2ccccc2s1)N(C)C(=O)CCc1ccc2c(c1)OCO2. The maximum atomic E-state index is 12.6. The Hall–Kier alpha value is -2.60. The van der Waals surface area contributed by atoms with Gasteiger partial charge in [0.05, 0.1) is 16.3 Å². The largest absolute Gasteiger partial charge is 0.454 e. The molecule has 5 nitrogen and oxygen atoms in total. The Morgan fingerprint density at radius 2 is 2.04 bits per heavy atom. The zero-order chi connectivity index (χ0) is 18.1. The van der Waals surface area contributed by atoms with E-state index in [1.807, 2.05) is 50.4 Å². The fourth-order valence-electron chi connectivity index (χ4n) is 2.97. The van der Waals surface area contributed by atoms with Crippen LogP contribution >= 0.6 is 11.3 Å². The number of nitrogens with zero attached hydrogens (tertiary/aromatic N) is 2. The van der Waals surface area contributed by atoms with Crippen molar-refractivity contribution in [1.29, 1.82) is 0 Å². The van der Waals surface area contributed by atoms with Crippen LogP contribution in [-0.4, -0.2) is 29.6 Å². The van der Waals surface area contributed by atoms with Gasteiger partial charge in [-0.15, -0.1) is 11.3 Å². The number of aryl methyl sites for hydroxylation is 1. The second-order valence-electron chi connectivity index (χ2n) is 6.39. The first-order chi connectivity index (χ1) is 12.6. The van der Waals surface area contributed by atoms with Crippen molar-refractivity contribution in [3.05, 3.63) is 53.0 Å². The molecule has 26 heavy (non-hydrogen) atoms. The highest BCUT2D eigenvalue weighted by atomic mass is 32.1. The molecule has 134 valence electrons. The molecule has 2 heterocycles. The molecule has 1 aromatic heterocycles. The number of amides is 1. The van der Waals surface area contributed by atoms with Crippen molar-refractivity contribution in [3.8, 4) is 11.5 Å². The zero-order valence-electron chi connectivity index (χ0n) is 14.8. The van der Waals surface area contributed by atoms with E-state index in [1.165, 1.54) is 0 Å². The highest BCUT2D eigenvalue weighted by molar-refractivity contribution is 7.18. The van der Waals surface area contributed by atoms with Crippen LogP contribution in [0.4, 0.5) is 0 Å². The fraction of sp³-hybridized carbons (Fsp3) is 0.300. The lowest BCUT2D eigenvalue weighted by Gasteiger charge is -2.23. The van der Waals surface area contributed by atoms with E-state index in [4.69, 9.17) is 9.47 Å². The summed E-state index contributed by atoms with van der Waals surface area (Å²) >= 11 is 1.64. The Balaban J connectivity index is 1.40. The van der Waals surface area contributed by atoms with E-state index in [9.17, 15) is 4.79 Å². The van der Waals surface area contributed by atoms with E-state index in [0.29, 0.717) is 12.8 Å². The van der Waals surface area contributed by atoms with E-state index in [0.717, 1.165) is 32.3 Å². The third-order valence-corrected chi connectivity index (χ3v) is 5.91. The number of aromatic nitrogens is 1. The average Bonchev–Trinajstić information content (AvgIpc) is 3.30. The number of carbonyl (C=O) groups is 1. The predicted octanol–water partition coefficient (Wildman–Crippen LogP) is 4.18. The fourth-order valence-corrected chi connectivity index (χ4v) is 4.04. The predicted molar refractivity (Wildman–Crippen MR) is 102 cm³/mol. The summed E-state index contributed by atoms with van der Waals surface area (Å²) in [4.78, 5) is 19.1. The van der Waals surface area contributed by atoms with Crippen molar-refractivity contribution in [2.24, 2.45) is 0 Å². The lowest BCUT2D eigenvalue weighted by atomic mass is 10.1. The third-order valence-electron chi connectivity index (χ3n) is 4.71. The van der Waals surface area contributed by atoms with Crippen LogP contribution < -0.4 is 9.47 Å². The van der Waals surface area contributed by atoms with Crippen LogP contribution in [0.2, 0.25) is 0 Å². The van der Waals surface area contributed by atoms with Crippen LogP contribution in [0.15, 0.2) is 42.5 Å². The number of rotatable bonds is 5. The minimum absolute atomic E-state index is 0.0448. The van der Waals surface area contributed by atoms with Gasteiger partial charge in [0.2, 0.25) is 12.7 Å². The van der Waals surface area contributed by atoms with Crippen LogP contribution in [0.25, 0.3) is 10.2 Å². The Labute approximate surface area is 156 Å². The number of ether oxygens (including phenoxy) is 2. The van der Waals surface area contributed by atoms with Crippen LogP contribution in [-0.2, 0) is 11.2 Å². The Kier molecular flexibility index (Phi) is 4.51. The summed E-state index contributed by atoms with van der Waals surface area (Å²) in [6.45, 7) is 2.29. The number of para-hydroxylation sites is 1. The molecule has 1 amide bonds. The molecule has 1 unspecified atom stereocenters. The molecule has 6 heteroatoms. The molecule has 1 aliphatic heterocycles. The Morgan fingerprint density at radius 1 is 1.23 bits per heavy atom. The summed E-state index contributed by atoms with van der Waals surface area (Å²) in [6.07, 6.45) is 1.12. The number of fused-ring (bicyclic) bond motifs is 2. The van der Waals surface area contributed by atoms with E-state index >= 15 is 0 Å². The molecule has 0 spiro atoms. The number of carbonyl (C=O) groups excluding carboxylic acids is 1. The van der Waals surface area contributed by atoms with E-state index in [-0.39, 0.29) is 18.7 Å². The Morgan fingerprint density at radius 3 is 2.88 bits per heavy atom. The van der Waals surface area contributed by atoms with Gasteiger partial charge in [0.15, 0.2) is 11.5 Å². The van der Waals surface area contributed by atoms with Crippen molar-refractivity contribution >= 4 is 27.5 Å². The van der Waals surface area contributed by atoms with Gasteiger partial charge in [-0.05, 0) is 43.2 Å². The molecule has 0 N–H and O–H groups in total. The molecule has 0 bridgehead atoms. The maximum Gasteiger partial charge on any atom is 0.231 e. The van der Waals surface area contributed by atoms with Gasteiger partial charge < -0.3 is 14.4 Å². The summed E-state index contributed by atoms with van der Waals surface area (Å²) < 4.78 is 11.9. The van der Waals surface area contributed by atoms with E-state index in [2.05, 4.69) is 11.1 Å². The molecule has 2 aromatic carbocycles. The summed E-state index contributed by atoms with van der Waals surface area (Å²) in [5.41, 5.74) is 2.06. The number of benzene rings is 2. The van der Waals surface area contributed by atoms with Gasteiger partial charge in [-0.1, -0.05) is 18.2 Å². The maximum absolute atomic E-state index is 12.6. The molecule has 0 aliphatic carbocycles. The monoisotopic (exact) mass is 368 g/mol. The van der Waals surface area contributed by atoms with Gasteiger partial charge in [0.1, 0.15) is 5.01 Å². The molecule has 3 aromatic rings. The lowest BCUT2D eigenvalue weighted by Crippen LogP contribution is -2.29. The van der Waals surface area contributed by atoms with Crippen LogP contribution in [0, 0.1) is 0 Å². The number of hydrogen-bond donors (Lipinski definition) is 0. The molecular weight excluding hydrogens is 348 g/mol. The molecule has 0 radical (unpaired) electrons. The number of hydrogen-bond acceptors (Lipinski definition) is 5. The summed E-state index contributed by atoms with van der Waals surface area (Å²) in [5.74, 6) is 1.63. The molecule has 0 fully saturated rings. The van der Waals surface area contributed by atoms with Gasteiger partial charge in [-0.25, -0.2) is 4.98 Å². The highest BCUT2D eigenvalue weighted by Gasteiger charge is 2.21. The minimum atomic E-state index is -0.0448. The molecule has 1 atom stereocenters. The van der Waals surface area contributed by atoms with Gasteiger partial charge in [0.25, 0.3) is 0 Å². The minimum Gasteiger partial charge on any atom is -0.454 e. The second-order valence-corrected chi connectivity index (χ2v) is 7.45. The first-order valence-electron chi connectivity index (χ1n) is 8.61. The van der Waals surface area contributed by atoms with Gasteiger partial charge in [0, 0.05) is 13.5 Å². The average molecular weight is 368 g/mol. The van der Waals surface area contributed by atoms with Crippen molar-refractivity contribution < 1.29 is 14.3 Å². The summed E-state index contributed by atoms with van der Waals surface area (Å²) in [7, 11) is 1.85. The first-order valence-corrected chi connectivity index (χ1v) is 9.43. The van der Waals surface area contributed by atoms with Gasteiger partial charge in [-0.2, -0.15) is 0 Å². The van der Waals surface area contributed by atoms with Gasteiger partial charge >= 0.3 is 0 Å². The smallest absolute Gasteiger partial charge is 0.231 e. The lowest BCUT2D eigenvalue weighted by molar-refractivity contribution is -0.131. The third kappa shape index (κ3) is 3.24. The molecule has 0 saturated carbocycles. The highest BCUT2D eigenvalue weighted by Crippen LogP contribution is 2.33. The zero-order valence-corrected chi connectivity index (χ0v) is 15.6.